The summed E-state index contributed by atoms with van der Waals surface area (Å²) in [5, 5.41) is 14.2. The van der Waals surface area contributed by atoms with Crippen molar-refractivity contribution in [3.63, 3.8) is 0 Å². The van der Waals surface area contributed by atoms with E-state index in [2.05, 4.69) is 24.1 Å². The summed E-state index contributed by atoms with van der Waals surface area (Å²) < 4.78 is 0. The van der Waals surface area contributed by atoms with Crippen LogP contribution < -0.4 is 5.32 Å². The van der Waals surface area contributed by atoms with Crippen molar-refractivity contribution in [2.45, 2.75) is 39.3 Å². The van der Waals surface area contributed by atoms with E-state index < -0.39 is 0 Å². The molecule has 0 radical (unpaired) electrons. The van der Waals surface area contributed by atoms with Gasteiger partial charge in [0.1, 0.15) is 0 Å². The number of rotatable bonds is 6. The Labute approximate surface area is 138 Å². The standard InChI is InChI=1S/C16H25N3O2.ClH/c1-13(2)18(12-15-4-3-9-17-10-15)11-14-5-7-16(8-6-14)19(20)21;/h5-8,13,15,17H,3-4,9-12H2,1-2H3;1H. The van der Waals surface area contributed by atoms with Gasteiger partial charge >= 0.3 is 0 Å². The normalized spacial score (nSPS) is 18.3. The van der Waals surface area contributed by atoms with Crippen molar-refractivity contribution in [1.29, 1.82) is 0 Å². The van der Waals surface area contributed by atoms with E-state index in [9.17, 15) is 10.1 Å². The first-order valence-corrected chi connectivity index (χ1v) is 7.74. The summed E-state index contributed by atoms with van der Waals surface area (Å²) in [6.45, 7) is 8.60. The Morgan fingerprint density at radius 1 is 1.36 bits per heavy atom. The number of halogens is 1. The number of hydrogen-bond acceptors (Lipinski definition) is 4. The first kappa shape index (κ1) is 18.9. The molecule has 0 amide bonds. The van der Waals surface area contributed by atoms with Crippen LogP contribution in [0.5, 0.6) is 0 Å². The number of piperidine rings is 1. The van der Waals surface area contributed by atoms with Crippen molar-refractivity contribution in [3.8, 4) is 0 Å². The number of nitrogens with zero attached hydrogens (tertiary/aromatic N) is 2. The molecule has 1 aromatic carbocycles. The second kappa shape index (κ2) is 9.08. The van der Waals surface area contributed by atoms with Crippen molar-refractivity contribution in [2.24, 2.45) is 5.92 Å². The highest BCUT2D eigenvalue weighted by atomic mass is 35.5. The van der Waals surface area contributed by atoms with Crippen LogP contribution in [0.15, 0.2) is 24.3 Å². The molecule has 0 saturated carbocycles. The Morgan fingerprint density at radius 2 is 2.05 bits per heavy atom. The highest BCUT2D eigenvalue weighted by molar-refractivity contribution is 5.85. The van der Waals surface area contributed by atoms with Crippen molar-refractivity contribution in [3.05, 3.63) is 39.9 Å². The maximum absolute atomic E-state index is 10.7. The molecular formula is C16H26ClN3O2. The number of non-ortho nitro benzene ring substituents is 1. The predicted octanol–water partition coefficient (Wildman–Crippen LogP) is 3.23. The van der Waals surface area contributed by atoms with Gasteiger partial charge in [-0.3, -0.25) is 15.0 Å². The van der Waals surface area contributed by atoms with Gasteiger partial charge in [0, 0.05) is 31.3 Å². The molecule has 1 fully saturated rings. The number of nitrogens with one attached hydrogen (secondary N) is 1. The zero-order chi connectivity index (χ0) is 15.2. The molecule has 0 aliphatic carbocycles. The first-order chi connectivity index (χ1) is 10.1. The van der Waals surface area contributed by atoms with Gasteiger partial charge in [-0.25, -0.2) is 0 Å². The van der Waals surface area contributed by atoms with E-state index in [0.717, 1.165) is 31.7 Å². The lowest BCUT2D eigenvalue weighted by Gasteiger charge is -2.32. The maximum Gasteiger partial charge on any atom is 0.269 e. The molecule has 0 bridgehead atoms. The molecule has 1 N–H and O–H groups in total. The van der Waals surface area contributed by atoms with Crippen LogP contribution in [0, 0.1) is 16.0 Å². The molecule has 0 spiro atoms. The summed E-state index contributed by atoms with van der Waals surface area (Å²) in [4.78, 5) is 12.8. The summed E-state index contributed by atoms with van der Waals surface area (Å²) in [7, 11) is 0. The van der Waals surface area contributed by atoms with E-state index in [1.165, 1.54) is 12.8 Å². The molecule has 6 heteroatoms. The summed E-state index contributed by atoms with van der Waals surface area (Å²) in [5.41, 5.74) is 1.30. The quantitative estimate of drug-likeness (QED) is 0.643. The van der Waals surface area contributed by atoms with Gasteiger partial charge in [0.05, 0.1) is 4.92 Å². The molecule has 1 unspecified atom stereocenters. The molecule has 124 valence electrons. The minimum Gasteiger partial charge on any atom is -0.316 e. The predicted molar refractivity (Wildman–Crippen MR) is 91.5 cm³/mol. The average Bonchev–Trinajstić information content (AvgIpc) is 2.48. The Hall–Kier alpha value is -1.17. The van der Waals surface area contributed by atoms with Crippen LogP contribution in [-0.4, -0.2) is 35.5 Å². The van der Waals surface area contributed by atoms with Gasteiger partial charge in [0.2, 0.25) is 0 Å². The summed E-state index contributed by atoms with van der Waals surface area (Å²) in [6, 6.07) is 7.40. The second-order valence-corrected chi connectivity index (χ2v) is 6.16. The fourth-order valence-electron chi connectivity index (χ4n) is 2.83. The van der Waals surface area contributed by atoms with Crippen molar-refractivity contribution in [1.82, 2.24) is 10.2 Å². The van der Waals surface area contributed by atoms with Gasteiger partial charge < -0.3 is 5.32 Å². The molecule has 1 aromatic rings. The average molecular weight is 328 g/mol. The van der Waals surface area contributed by atoms with Gasteiger partial charge in [-0.15, -0.1) is 12.4 Å². The second-order valence-electron chi connectivity index (χ2n) is 6.16. The lowest BCUT2D eigenvalue weighted by molar-refractivity contribution is -0.384. The molecule has 0 aromatic heterocycles. The molecule has 1 aliphatic heterocycles. The van der Waals surface area contributed by atoms with Gasteiger partial charge in [-0.2, -0.15) is 0 Å². The molecule has 22 heavy (non-hydrogen) atoms. The summed E-state index contributed by atoms with van der Waals surface area (Å²) in [6.07, 6.45) is 2.55. The lowest BCUT2D eigenvalue weighted by Crippen LogP contribution is -2.40. The van der Waals surface area contributed by atoms with E-state index in [4.69, 9.17) is 0 Å². The van der Waals surface area contributed by atoms with Gasteiger partial charge in [-0.1, -0.05) is 12.1 Å². The molecule has 1 atom stereocenters. The van der Waals surface area contributed by atoms with Crippen molar-refractivity contribution >= 4 is 18.1 Å². The zero-order valence-electron chi connectivity index (χ0n) is 13.3. The number of hydrogen-bond donors (Lipinski definition) is 1. The Balaban J connectivity index is 0.00000242. The fraction of sp³-hybridized carbons (Fsp3) is 0.625. The minimum absolute atomic E-state index is 0. The molecule has 1 aliphatic rings. The van der Waals surface area contributed by atoms with Gasteiger partial charge in [-0.05, 0) is 51.3 Å². The SMILES string of the molecule is CC(C)N(Cc1ccc([N+](=O)[O-])cc1)CC1CCCNC1.Cl. The third-order valence-electron chi connectivity index (χ3n) is 4.15. The van der Waals surface area contributed by atoms with Crippen LogP contribution in [0.4, 0.5) is 5.69 Å². The van der Waals surface area contributed by atoms with Crippen molar-refractivity contribution in [2.75, 3.05) is 19.6 Å². The fourth-order valence-corrected chi connectivity index (χ4v) is 2.83. The molecule has 5 nitrogen and oxygen atoms in total. The van der Waals surface area contributed by atoms with Crippen LogP contribution in [0.25, 0.3) is 0 Å². The molecule has 1 heterocycles. The molecule has 1 saturated heterocycles. The van der Waals surface area contributed by atoms with Crippen LogP contribution in [0.1, 0.15) is 32.3 Å². The summed E-state index contributed by atoms with van der Waals surface area (Å²) >= 11 is 0. The Bertz CT molecular complexity index is 459. The first-order valence-electron chi connectivity index (χ1n) is 7.74. The third-order valence-corrected chi connectivity index (χ3v) is 4.15. The summed E-state index contributed by atoms with van der Waals surface area (Å²) in [5.74, 6) is 0.708. The monoisotopic (exact) mass is 327 g/mol. The van der Waals surface area contributed by atoms with E-state index in [-0.39, 0.29) is 23.0 Å². The van der Waals surface area contributed by atoms with Crippen LogP contribution >= 0.6 is 12.4 Å². The number of nitro benzene ring substituents is 1. The lowest BCUT2D eigenvalue weighted by atomic mass is 9.98. The van der Waals surface area contributed by atoms with Crippen molar-refractivity contribution < 1.29 is 4.92 Å². The molecular weight excluding hydrogens is 302 g/mol. The minimum atomic E-state index is -0.350. The van der Waals surface area contributed by atoms with E-state index >= 15 is 0 Å². The third kappa shape index (κ3) is 5.55. The van der Waals surface area contributed by atoms with E-state index in [0.29, 0.717) is 12.0 Å². The van der Waals surface area contributed by atoms with E-state index in [1.807, 2.05) is 12.1 Å². The number of nitro groups is 1. The molecule has 2 rings (SSSR count). The number of benzene rings is 1. The Morgan fingerprint density at radius 3 is 2.55 bits per heavy atom. The highest BCUT2D eigenvalue weighted by Crippen LogP contribution is 2.18. The zero-order valence-corrected chi connectivity index (χ0v) is 14.1. The highest BCUT2D eigenvalue weighted by Gasteiger charge is 2.19. The van der Waals surface area contributed by atoms with Crippen LogP contribution in [0.2, 0.25) is 0 Å². The largest absolute Gasteiger partial charge is 0.316 e. The smallest absolute Gasteiger partial charge is 0.269 e. The van der Waals surface area contributed by atoms with E-state index in [1.54, 1.807) is 12.1 Å². The Kier molecular flexibility index (Phi) is 7.79. The van der Waals surface area contributed by atoms with Gasteiger partial charge in [0.25, 0.3) is 5.69 Å². The maximum atomic E-state index is 10.7. The topological polar surface area (TPSA) is 58.4 Å². The van der Waals surface area contributed by atoms with Crippen LogP contribution in [0.3, 0.4) is 0 Å². The van der Waals surface area contributed by atoms with Gasteiger partial charge in [0.15, 0.2) is 0 Å². The van der Waals surface area contributed by atoms with Crippen LogP contribution in [-0.2, 0) is 6.54 Å².